The van der Waals surface area contributed by atoms with E-state index in [1.54, 1.807) is 0 Å². The van der Waals surface area contributed by atoms with Crippen molar-refractivity contribution in [1.82, 2.24) is 9.97 Å². The summed E-state index contributed by atoms with van der Waals surface area (Å²) in [6.07, 6.45) is 5.69. The van der Waals surface area contributed by atoms with Crippen LogP contribution >= 0.6 is 0 Å². The lowest BCUT2D eigenvalue weighted by atomic mass is 9.82. The number of fused-ring (bicyclic) bond motifs is 2. The van der Waals surface area contributed by atoms with Gasteiger partial charge in [-0.25, -0.2) is 4.98 Å². The minimum Gasteiger partial charge on any atom is -0.342 e. The lowest BCUT2D eigenvalue weighted by Gasteiger charge is -2.22. The van der Waals surface area contributed by atoms with Gasteiger partial charge in [0.05, 0.1) is 11.0 Å². The first-order chi connectivity index (χ1) is 8.90. The summed E-state index contributed by atoms with van der Waals surface area (Å²) >= 11 is 0. The van der Waals surface area contributed by atoms with Crippen LogP contribution in [0, 0.1) is 11.8 Å². The third-order valence-corrected chi connectivity index (χ3v) is 4.65. The second kappa shape index (κ2) is 4.01. The Morgan fingerprint density at radius 2 is 1.78 bits per heavy atom. The van der Waals surface area contributed by atoms with Crippen LogP contribution in [0.3, 0.4) is 0 Å². The highest BCUT2D eigenvalue weighted by atomic mass is 15.3. The van der Waals surface area contributed by atoms with Gasteiger partial charge in [0.2, 0.25) is 5.95 Å². The Hall–Kier alpha value is -1.51. The fourth-order valence-corrected chi connectivity index (χ4v) is 3.67. The molecule has 2 aromatic rings. The normalized spacial score (nSPS) is 27.7. The molecule has 3 heteroatoms. The maximum absolute atomic E-state index is 4.72. The molecule has 2 aliphatic rings. The van der Waals surface area contributed by atoms with Crippen LogP contribution in [0.15, 0.2) is 24.3 Å². The van der Waals surface area contributed by atoms with Crippen LogP contribution in [0.2, 0.25) is 0 Å². The first kappa shape index (κ1) is 10.4. The summed E-state index contributed by atoms with van der Waals surface area (Å²) < 4.78 is 0. The van der Waals surface area contributed by atoms with E-state index < -0.39 is 0 Å². The first-order valence-corrected chi connectivity index (χ1v) is 7.10. The van der Waals surface area contributed by atoms with Crippen LogP contribution in [0.4, 0.5) is 5.95 Å². The first-order valence-electron chi connectivity index (χ1n) is 7.10. The van der Waals surface area contributed by atoms with E-state index in [1.165, 1.54) is 38.8 Å². The van der Waals surface area contributed by atoms with Crippen LogP contribution < -0.4 is 4.90 Å². The van der Waals surface area contributed by atoms with Crippen molar-refractivity contribution >= 4 is 17.0 Å². The lowest BCUT2D eigenvalue weighted by Crippen LogP contribution is -2.20. The molecule has 94 valence electrons. The van der Waals surface area contributed by atoms with Crippen molar-refractivity contribution < 1.29 is 0 Å². The van der Waals surface area contributed by atoms with E-state index in [9.17, 15) is 0 Å². The van der Waals surface area contributed by atoms with E-state index in [2.05, 4.69) is 34.1 Å². The standard InChI is InChI=1S/C15H19N3/c1-2-6-12-10-18(9-11(12)5-1)15-16-13-7-3-4-8-14(13)17-15/h3-4,7-8,11-12H,1-2,5-6,9-10H2,(H,16,17). The van der Waals surface area contributed by atoms with E-state index in [0.717, 1.165) is 28.8 Å². The predicted octanol–water partition coefficient (Wildman–Crippen LogP) is 3.19. The predicted molar refractivity (Wildman–Crippen MR) is 73.8 cm³/mol. The summed E-state index contributed by atoms with van der Waals surface area (Å²) in [6, 6.07) is 8.30. The molecule has 2 unspecified atom stereocenters. The number of nitrogens with zero attached hydrogens (tertiary/aromatic N) is 2. The van der Waals surface area contributed by atoms with Gasteiger partial charge in [-0.3, -0.25) is 0 Å². The fraction of sp³-hybridized carbons (Fsp3) is 0.533. The van der Waals surface area contributed by atoms with Crippen LogP contribution in [0.25, 0.3) is 11.0 Å². The fourth-order valence-electron chi connectivity index (χ4n) is 3.67. The average Bonchev–Trinajstić information content (AvgIpc) is 3.02. The molecule has 0 amide bonds. The van der Waals surface area contributed by atoms with Gasteiger partial charge in [-0.15, -0.1) is 0 Å². The summed E-state index contributed by atoms with van der Waals surface area (Å²) in [5.74, 6) is 2.89. The van der Waals surface area contributed by atoms with E-state index in [4.69, 9.17) is 4.98 Å². The molecule has 1 aromatic heterocycles. The molecule has 1 N–H and O–H groups in total. The Bertz CT molecular complexity index is 513. The van der Waals surface area contributed by atoms with Gasteiger partial charge in [0.25, 0.3) is 0 Å². The molecule has 0 spiro atoms. The Labute approximate surface area is 107 Å². The lowest BCUT2D eigenvalue weighted by molar-refractivity contribution is 0.299. The zero-order valence-electron chi connectivity index (χ0n) is 10.6. The van der Waals surface area contributed by atoms with Crippen LogP contribution in [-0.4, -0.2) is 23.1 Å². The van der Waals surface area contributed by atoms with Crippen LogP contribution in [0.1, 0.15) is 25.7 Å². The van der Waals surface area contributed by atoms with Gasteiger partial charge in [0.1, 0.15) is 0 Å². The number of hydrogen-bond donors (Lipinski definition) is 1. The second-order valence-electron chi connectivity index (χ2n) is 5.79. The third-order valence-electron chi connectivity index (χ3n) is 4.65. The van der Waals surface area contributed by atoms with Crippen molar-refractivity contribution in [1.29, 1.82) is 0 Å². The largest absolute Gasteiger partial charge is 0.342 e. The van der Waals surface area contributed by atoms with E-state index in [1.807, 2.05) is 0 Å². The van der Waals surface area contributed by atoms with Crippen molar-refractivity contribution in [3.05, 3.63) is 24.3 Å². The number of aromatic amines is 1. The maximum Gasteiger partial charge on any atom is 0.203 e. The number of para-hydroxylation sites is 2. The minimum absolute atomic E-state index is 0.909. The molecule has 2 heterocycles. The molecule has 1 aliphatic carbocycles. The summed E-state index contributed by atoms with van der Waals surface area (Å²) in [6.45, 7) is 2.40. The van der Waals surface area contributed by atoms with E-state index in [0.29, 0.717) is 0 Å². The van der Waals surface area contributed by atoms with E-state index >= 15 is 0 Å². The van der Waals surface area contributed by atoms with Gasteiger partial charge in [-0.2, -0.15) is 0 Å². The van der Waals surface area contributed by atoms with Gasteiger partial charge >= 0.3 is 0 Å². The molecule has 3 nitrogen and oxygen atoms in total. The molecule has 4 rings (SSSR count). The topological polar surface area (TPSA) is 31.9 Å². The molecule has 0 radical (unpaired) electrons. The highest BCUT2D eigenvalue weighted by molar-refractivity contribution is 5.77. The Balaban J connectivity index is 1.63. The second-order valence-corrected chi connectivity index (χ2v) is 5.79. The van der Waals surface area contributed by atoms with Gasteiger partial charge in [-0.05, 0) is 36.8 Å². The van der Waals surface area contributed by atoms with Gasteiger partial charge in [0, 0.05) is 13.1 Å². The quantitative estimate of drug-likeness (QED) is 0.831. The van der Waals surface area contributed by atoms with Crippen molar-refractivity contribution in [3.8, 4) is 0 Å². The summed E-state index contributed by atoms with van der Waals surface area (Å²) in [5, 5.41) is 0. The molecule has 1 aliphatic heterocycles. The Kier molecular flexibility index (Phi) is 2.32. The van der Waals surface area contributed by atoms with Crippen LogP contribution in [-0.2, 0) is 0 Å². The number of rotatable bonds is 1. The third kappa shape index (κ3) is 1.61. The maximum atomic E-state index is 4.72. The zero-order chi connectivity index (χ0) is 11.9. The van der Waals surface area contributed by atoms with Gasteiger partial charge < -0.3 is 9.88 Å². The highest BCUT2D eigenvalue weighted by Gasteiger charge is 2.35. The molecule has 1 saturated carbocycles. The number of hydrogen-bond acceptors (Lipinski definition) is 2. The smallest absolute Gasteiger partial charge is 0.203 e. The summed E-state index contributed by atoms with van der Waals surface area (Å²) in [7, 11) is 0. The molecule has 2 fully saturated rings. The number of benzene rings is 1. The SMILES string of the molecule is c1ccc2[nH]c(N3CC4CCCCC4C3)nc2c1. The Morgan fingerprint density at radius 1 is 1.06 bits per heavy atom. The zero-order valence-corrected chi connectivity index (χ0v) is 10.6. The average molecular weight is 241 g/mol. The van der Waals surface area contributed by atoms with Crippen molar-refractivity contribution in [3.63, 3.8) is 0 Å². The van der Waals surface area contributed by atoms with Gasteiger partial charge in [0.15, 0.2) is 0 Å². The van der Waals surface area contributed by atoms with Crippen molar-refractivity contribution in [2.24, 2.45) is 11.8 Å². The molecular formula is C15H19N3. The number of nitrogens with one attached hydrogen (secondary N) is 1. The monoisotopic (exact) mass is 241 g/mol. The van der Waals surface area contributed by atoms with Crippen molar-refractivity contribution in [2.45, 2.75) is 25.7 Å². The number of H-pyrrole nitrogens is 1. The van der Waals surface area contributed by atoms with E-state index in [-0.39, 0.29) is 0 Å². The van der Waals surface area contributed by atoms with Crippen molar-refractivity contribution in [2.75, 3.05) is 18.0 Å². The molecular weight excluding hydrogens is 222 g/mol. The molecule has 2 atom stereocenters. The molecule has 1 saturated heterocycles. The minimum atomic E-state index is 0.909. The summed E-state index contributed by atoms with van der Waals surface area (Å²) in [5.41, 5.74) is 2.24. The molecule has 1 aromatic carbocycles. The van der Waals surface area contributed by atoms with Gasteiger partial charge in [-0.1, -0.05) is 25.0 Å². The number of aromatic nitrogens is 2. The van der Waals surface area contributed by atoms with Crippen LogP contribution in [0.5, 0.6) is 0 Å². The molecule has 18 heavy (non-hydrogen) atoms. The highest BCUT2D eigenvalue weighted by Crippen LogP contribution is 2.37. The number of imidazole rings is 1. The summed E-state index contributed by atoms with van der Waals surface area (Å²) in [4.78, 5) is 10.6. The number of anilines is 1. The Morgan fingerprint density at radius 3 is 2.50 bits per heavy atom. The molecule has 0 bridgehead atoms.